The molecule has 6 rings (SSSR count). The van der Waals surface area contributed by atoms with Gasteiger partial charge in [-0.2, -0.15) is 0 Å². The Hall–Kier alpha value is -3.74. The van der Waals surface area contributed by atoms with Gasteiger partial charge in [0.05, 0.1) is 22.2 Å². The van der Waals surface area contributed by atoms with Gasteiger partial charge in [-0.3, -0.25) is 4.79 Å². The fourth-order valence-corrected chi connectivity index (χ4v) is 4.99. The van der Waals surface area contributed by atoms with E-state index < -0.39 is 23.3 Å². The minimum Gasteiger partial charge on any atom is -0.456 e. The quantitative estimate of drug-likeness (QED) is 0.333. The number of halogens is 2. The molecule has 4 aromatic rings. The molecule has 174 valence electrons. The zero-order valence-corrected chi connectivity index (χ0v) is 19.8. The molecule has 0 saturated carbocycles. The van der Waals surface area contributed by atoms with Crippen molar-refractivity contribution in [3.05, 3.63) is 126 Å². The summed E-state index contributed by atoms with van der Waals surface area (Å²) >= 11 is 12.3. The van der Waals surface area contributed by atoms with Crippen LogP contribution < -0.4 is 16.1 Å². The number of aromatic nitrogens is 1. The van der Waals surface area contributed by atoms with Crippen LogP contribution in [-0.2, 0) is 4.74 Å². The van der Waals surface area contributed by atoms with Gasteiger partial charge in [0.25, 0.3) is 11.5 Å². The van der Waals surface area contributed by atoms with Gasteiger partial charge in [0.1, 0.15) is 17.6 Å². The average Bonchev–Trinajstić information content (AvgIpc) is 3.26. The molecule has 1 aromatic heterocycles. The predicted molar refractivity (Wildman–Crippen MR) is 132 cm³/mol. The number of aryl methyl sites for hydroxylation is 1. The topological polar surface area (TPSA) is 70.7 Å². The molecule has 0 fully saturated rings. The molecule has 2 unspecified atom stereocenters. The maximum Gasteiger partial charge on any atom is 0.426 e. The summed E-state index contributed by atoms with van der Waals surface area (Å²) in [6, 6.07) is 19.3. The molecule has 0 amide bonds. The van der Waals surface area contributed by atoms with Crippen molar-refractivity contribution in [1.82, 2.24) is 4.57 Å². The molecule has 6 nitrogen and oxygen atoms in total. The van der Waals surface area contributed by atoms with Gasteiger partial charge in [0, 0.05) is 22.2 Å². The van der Waals surface area contributed by atoms with Crippen molar-refractivity contribution in [2.45, 2.75) is 18.9 Å². The smallest absolute Gasteiger partial charge is 0.426 e. The van der Waals surface area contributed by atoms with Crippen molar-refractivity contribution < 1.29 is 13.9 Å². The Labute approximate surface area is 209 Å². The molecule has 0 spiro atoms. The molecule has 2 heterocycles. The van der Waals surface area contributed by atoms with Crippen LogP contribution in [0.15, 0.2) is 92.8 Å². The number of hydrogen-bond acceptors (Lipinski definition) is 5. The lowest BCUT2D eigenvalue weighted by Gasteiger charge is -2.27. The van der Waals surface area contributed by atoms with Crippen LogP contribution in [-0.4, -0.2) is 4.57 Å². The standard InChI is InChI=1S/C27H17Cl2NO5/c1-14-6-9-16(10-7-14)30-26(31)23-19-13-22(33-21-11-8-15(28)12-20(21)29)34-24(19)17-4-2-3-5-18(17)25(23)35-27(30)32/h2-13,19,24H,1H3. The molecule has 1 aliphatic carbocycles. The van der Waals surface area contributed by atoms with Crippen LogP contribution in [0, 0.1) is 6.92 Å². The van der Waals surface area contributed by atoms with Gasteiger partial charge in [-0.05, 0) is 37.3 Å². The summed E-state index contributed by atoms with van der Waals surface area (Å²) in [5, 5.41) is 0.803. The lowest BCUT2D eigenvalue weighted by atomic mass is 9.81. The first-order valence-electron chi connectivity index (χ1n) is 10.9. The van der Waals surface area contributed by atoms with E-state index in [2.05, 4.69) is 0 Å². The van der Waals surface area contributed by atoms with Gasteiger partial charge < -0.3 is 13.9 Å². The van der Waals surface area contributed by atoms with Crippen molar-refractivity contribution in [3.8, 4) is 22.8 Å². The van der Waals surface area contributed by atoms with Gasteiger partial charge in [-0.15, -0.1) is 0 Å². The summed E-state index contributed by atoms with van der Waals surface area (Å²) in [6.45, 7) is 1.93. The van der Waals surface area contributed by atoms with Crippen LogP contribution >= 0.6 is 23.2 Å². The first-order valence-corrected chi connectivity index (χ1v) is 11.6. The first kappa shape index (κ1) is 21.8. The van der Waals surface area contributed by atoms with Crippen molar-refractivity contribution in [3.63, 3.8) is 0 Å². The second kappa shape index (κ2) is 8.18. The number of nitrogens with zero attached hydrogens (tertiary/aromatic N) is 1. The Morgan fingerprint density at radius 1 is 0.971 bits per heavy atom. The molecule has 8 heteroatoms. The second-order valence-electron chi connectivity index (χ2n) is 8.40. The van der Waals surface area contributed by atoms with Crippen LogP contribution in [0.25, 0.3) is 17.0 Å². The highest BCUT2D eigenvalue weighted by molar-refractivity contribution is 6.35. The lowest BCUT2D eigenvalue weighted by molar-refractivity contribution is 0.0599. The zero-order valence-electron chi connectivity index (χ0n) is 18.3. The molecule has 35 heavy (non-hydrogen) atoms. The highest BCUT2D eigenvalue weighted by Gasteiger charge is 2.43. The highest BCUT2D eigenvalue weighted by Crippen LogP contribution is 2.51. The van der Waals surface area contributed by atoms with E-state index in [0.717, 1.165) is 15.7 Å². The largest absolute Gasteiger partial charge is 0.456 e. The van der Waals surface area contributed by atoms with Gasteiger partial charge in [-0.1, -0.05) is 65.2 Å². The van der Waals surface area contributed by atoms with E-state index in [-0.39, 0.29) is 11.7 Å². The van der Waals surface area contributed by atoms with E-state index in [0.29, 0.717) is 32.6 Å². The third-order valence-corrected chi connectivity index (χ3v) is 6.71. The van der Waals surface area contributed by atoms with Crippen LogP contribution in [0.3, 0.4) is 0 Å². The molecule has 2 aliphatic rings. The summed E-state index contributed by atoms with van der Waals surface area (Å²) in [5.41, 5.74) is 2.73. The molecule has 1 aliphatic heterocycles. The Bertz CT molecular complexity index is 1640. The van der Waals surface area contributed by atoms with E-state index in [1.165, 1.54) is 0 Å². The summed E-state index contributed by atoms with van der Waals surface area (Å²) < 4.78 is 18.9. The van der Waals surface area contributed by atoms with Gasteiger partial charge >= 0.3 is 5.76 Å². The van der Waals surface area contributed by atoms with E-state index >= 15 is 0 Å². The minimum atomic E-state index is -0.752. The first-order chi connectivity index (χ1) is 16.9. The lowest BCUT2D eigenvalue weighted by Crippen LogP contribution is -2.36. The van der Waals surface area contributed by atoms with Crippen molar-refractivity contribution in [1.29, 1.82) is 0 Å². The number of benzene rings is 3. The molecule has 3 aromatic carbocycles. The zero-order chi connectivity index (χ0) is 24.3. The fourth-order valence-electron chi connectivity index (χ4n) is 4.54. The van der Waals surface area contributed by atoms with Gasteiger partial charge in [0.2, 0.25) is 0 Å². The molecule has 2 atom stereocenters. The predicted octanol–water partition coefficient (Wildman–Crippen LogP) is 6.16. The molecule has 0 N–H and O–H groups in total. The molecular formula is C27H17Cl2NO5. The third-order valence-electron chi connectivity index (χ3n) is 6.18. The maximum atomic E-state index is 13.8. The average molecular weight is 506 g/mol. The number of fused-ring (bicyclic) bond motifs is 6. The van der Waals surface area contributed by atoms with Crippen molar-refractivity contribution in [2.24, 2.45) is 0 Å². The van der Waals surface area contributed by atoms with E-state index in [9.17, 15) is 9.59 Å². The monoisotopic (exact) mass is 505 g/mol. The summed E-state index contributed by atoms with van der Waals surface area (Å²) in [4.78, 5) is 26.7. The summed E-state index contributed by atoms with van der Waals surface area (Å²) in [7, 11) is 0. The van der Waals surface area contributed by atoms with Gasteiger partial charge in [0.15, 0.2) is 0 Å². The molecular weight excluding hydrogens is 489 g/mol. The normalized spacial score (nSPS) is 17.6. The minimum absolute atomic E-state index is 0.194. The molecule has 0 saturated heterocycles. The fraction of sp³-hybridized carbons (Fsp3) is 0.111. The molecule has 0 bridgehead atoms. The summed E-state index contributed by atoms with van der Waals surface area (Å²) in [6.07, 6.45) is 1.18. The van der Waals surface area contributed by atoms with E-state index in [1.54, 1.807) is 42.5 Å². The van der Waals surface area contributed by atoms with Crippen molar-refractivity contribution in [2.75, 3.05) is 0 Å². The number of ether oxygens (including phenoxy) is 2. The van der Waals surface area contributed by atoms with Gasteiger partial charge in [-0.25, -0.2) is 9.36 Å². The molecule has 0 radical (unpaired) electrons. The SMILES string of the molecule is Cc1ccc(-n2c(=O)oc3c(c2=O)C2C=C(Oc4ccc(Cl)cc4Cl)OC2c2ccccc2-3)cc1. The Balaban J connectivity index is 1.52. The second-order valence-corrected chi connectivity index (χ2v) is 9.24. The summed E-state index contributed by atoms with van der Waals surface area (Å²) in [5.74, 6) is -0.482. The Morgan fingerprint density at radius 3 is 2.51 bits per heavy atom. The number of hydrogen-bond donors (Lipinski definition) is 0. The Kier molecular flexibility index (Phi) is 5.09. The van der Waals surface area contributed by atoms with Crippen LogP contribution in [0.5, 0.6) is 5.75 Å². The van der Waals surface area contributed by atoms with E-state index in [1.807, 2.05) is 37.3 Å². The van der Waals surface area contributed by atoms with E-state index in [4.69, 9.17) is 37.1 Å². The number of rotatable bonds is 3. The van der Waals surface area contributed by atoms with Crippen molar-refractivity contribution >= 4 is 23.2 Å². The Morgan fingerprint density at radius 2 is 1.74 bits per heavy atom. The third kappa shape index (κ3) is 3.57. The van der Waals surface area contributed by atoms with Crippen LogP contribution in [0.1, 0.15) is 28.7 Å². The van der Waals surface area contributed by atoms with Crippen LogP contribution in [0.4, 0.5) is 0 Å². The van der Waals surface area contributed by atoms with Crippen LogP contribution in [0.2, 0.25) is 10.0 Å². The maximum absolute atomic E-state index is 13.8. The highest BCUT2D eigenvalue weighted by atomic mass is 35.5.